The largest absolute Gasteiger partial charge is 0.366 e. The second-order valence-corrected chi connectivity index (χ2v) is 3.59. The molecule has 0 unspecified atom stereocenters. The molecule has 0 radical (unpaired) electrons. The van der Waals surface area contributed by atoms with Gasteiger partial charge in [0.15, 0.2) is 0 Å². The summed E-state index contributed by atoms with van der Waals surface area (Å²) in [5, 5.41) is 3.26. The number of nitrogens with two attached hydrogens (primary N) is 1. The molecule has 3 N–H and O–H groups in total. The number of anilines is 1. The molecule has 3 nitrogen and oxygen atoms in total. The maximum absolute atomic E-state index is 5.59. The van der Waals surface area contributed by atoms with Crippen molar-refractivity contribution in [2.75, 3.05) is 5.32 Å². The fraction of sp³-hybridized carbons (Fsp3) is 0.154. The van der Waals surface area contributed by atoms with Crippen LogP contribution in [0.1, 0.15) is 11.1 Å². The maximum atomic E-state index is 5.59. The van der Waals surface area contributed by atoms with Crippen LogP contribution in [0.4, 0.5) is 5.82 Å². The van der Waals surface area contributed by atoms with Gasteiger partial charge >= 0.3 is 0 Å². The van der Waals surface area contributed by atoms with Crippen molar-refractivity contribution in [1.82, 2.24) is 4.98 Å². The van der Waals surface area contributed by atoms with Crippen LogP contribution in [0.3, 0.4) is 0 Å². The van der Waals surface area contributed by atoms with Crippen molar-refractivity contribution in [3.05, 3.63) is 59.8 Å². The lowest BCUT2D eigenvalue weighted by Crippen LogP contribution is -2.02. The Hall–Kier alpha value is -1.29. The quantitative estimate of drug-likeness (QED) is 0.908. The molecule has 2 rings (SSSR count). The summed E-state index contributed by atoms with van der Waals surface area (Å²) in [6, 6.07) is 14.1. The van der Waals surface area contributed by atoms with Gasteiger partial charge in [0.05, 0.1) is 0 Å². The number of rotatable bonds is 4. The Balaban J connectivity index is 0.00000144. The summed E-state index contributed by atoms with van der Waals surface area (Å²) >= 11 is 0. The molecule has 0 aliphatic heterocycles. The van der Waals surface area contributed by atoms with Gasteiger partial charge in [-0.1, -0.05) is 30.3 Å². The molecular formula is C13H17Cl2N3. The van der Waals surface area contributed by atoms with Crippen molar-refractivity contribution in [3.8, 4) is 0 Å². The van der Waals surface area contributed by atoms with E-state index in [0.717, 1.165) is 17.9 Å². The first-order valence-corrected chi connectivity index (χ1v) is 5.31. The molecular weight excluding hydrogens is 269 g/mol. The highest BCUT2D eigenvalue weighted by atomic mass is 35.5. The van der Waals surface area contributed by atoms with E-state index in [0.29, 0.717) is 6.54 Å². The molecule has 0 atom stereocenters. The zero-order valence-electron chi connectivity index (χ0n) is 9.87. The highest BCUT2D eigenvalue weighted by Crippen LogP contribution is 2.07. The second kappa shape index (κ2) is 8.75. The van der Waals surface area contributed by atoms with E-state index in [4.69, 9.17) is 5.73 Å². The Labute approximate surface area is 120 Å². The number of hydrogen-bond acceptors (Lipinski definition) is 3. The third-order valence-corrected chi connectivity index (χ3v) is 2.37. The first-order chi connectivity index (χ1) is 7.88. The lowest BCUT2D eigenvalue weighted by molar-refractivity contribution is 1.04. The van der Waals surface area contributed by atoms with E-state index in [1.807, 2.05) is 30.3 Å². The summed E-state index contributed by atoms with van der Waals surface area (Å²) in [6.45, 7) is 1.35. The van der Waals surface area contributed by atoms with Crippen LogP contribution in [0.25, 0.3) is 0 Å². The van der Waals surface area contributed by atoms with Gasteiger partial charge in [0, 0.05) is 19.3 Å². The Morgan fingerprint density at radius 2 is 1.78 bits per heavy atom. The van der Waals surface area contributed by atoms with E-state index in [2.05, 4.69) is 22.4 Å². The van der Waals surface area contributed by atoms with E-state index in [9.17, 15) is 0 Å². The van der Waals surface area contributed by atoms with Gasteiger partial charge in [-0.25, -0.2) is 4.98 Å². The first-order valence-electron chi connectivity index (χ1n) is 5.31. The van der Waals surface area contributed by atoms with E-state index >= 15 is 0 Å². The van der Waals surface area contributed by atoms with Gasteiger partial charge in [-0.3, -0.25) is 0 Å². The zero-order chi connectivity index (χ0) is 11.2. The topological polar surface area (TPSA) is 50.9 Å². The van der Waals surface area contributed by atoms with E-state index in [1.165, 1.54) is 5.56 Å². The summed E-state index contributed by atoms with van der Waals surface area (Å²) in [7, 11) is 0. The SMILES string of the molecule is Cl.Cl.NCc1cccc(CNc2ccccn2)c1. The van der Waals surface area contributed by atoms with Gasteiger partial charge in [0.2, 0.25) is 0 Å². The summed E-state index contributed by atoms with van der Waals surface area (Å²) in [4.78, 5) is 4.20. The lowest BCUT2D eigenvalue weighted by Gasteiger charge is -2.06. The van der Waals surface area contributed by atoms with Crippen LogP contribution in [0, 0.1) is 0 Å². The molecule has 0 amide bonds. The number of pyridine rings is 1. The van der Waals surface area contributed by atoms with Gasteiger partial charge in [-0.15, -0.1) is 24.8 Å². The minimum absolute atomic E-state index is 0. The molecule has 0 spiro atoms. The molecule has 0 bridgehead atoms. The zero-order valence-corrected chi connectivity index (χ0v) is 11.5. The van der Waals surface area contributed by atoms with Gasteiger partial charge in [0.1, 0.15) is 5.82 Å². The van der Waals surface area contributed by atoms with Crippen LogP contribution in [0.15, 0.2) is 48.7 Å². The average molecular weight is 286 g/mol. The normalized spacial score (nSPS) is 8.94. The van der Waals surface area contributed by atoms with Gasteiger partial charge in [0.25, 0.3) is 0 Å². The van der Waals surface area contributed by atoms with E-state index in [-0.39, 0.29) is 24.8 Å². The molecule has 98 valence electrons. The molecule has 0 aliphatic rings. The van der Waals surface area contributed by atoms with Crippen molar-refractivity contribution in [3.63, 3.8) is 0 Å². The van der Waals surface area contributed by atoms with E-state index < -0.39 is 0 Å². The number of aromatic nitrogens is 1. The van der Waals surface area contributed by atoms with Gasteiger partial charge in [-0.05, 0) is 23.3 Å². The summed E-state index contributed by atoms with van der Waals surface area (Å²) in [6.07, 6.45) is 1.78. The Morgan fingerprint density at radius 3 is 2.44 bits per heavy atom. The minimum atomic E-state index is 0. The maximum Gasteiger partial charge on any atom is 0.126 e. The molecule has 1 aromatic carbocycles. The highest BCUT2D eigenvalue weighted by Gasteiger charge is 1.95. The molecule has 0 saturated carbocycles. The molecule has 5 heteroatoms. The standard InChI is InChI=1S/C13H15N3.2ClH/c14-9-11-4-3-5-12(8-11)10-16-13-6-1-2-7-15-13;;/h1-8H,9-10,14H2,(H,15,16);2*1H. The van der Waals surface area contributed by atoms with Crippen LogP contribution < -0.4 is 11.1 Å². The van der Waals surface area contributed by atoms with Gasteiger partial charge < -0.3 is 11.1 Å². The first kappa shape index (κ1) is 16.7. The van der Waals surface area contributed by atoms with Crippen LogP contribution in [0.5, 0.6) is 0 Å². The summed E-state index contributed by atoms with van der Waals surface area (Å²) < 4.78 is 0. The lowest BCUT2D eigenvalue weighted by atomic mass is 10.1. The molecule has 1 aromatic heterocycles. The Kier molecular flexibility index (Phi) is 8.12. The molecule has 18 heavy (non-hydrogen) atoms. The highest BCUT2D eigenvalue weighted by molar-refractivity contribution is 5.85. The summed E-state index contributed by atoms with van der Waals surface area (Å²) in [5.74, 6) is 0.889. The van der Waals surface area contributed by atoms with Crippen molar-refractivity contribution in [2.45, 2.75) is 13.1 Å². The molecule has 2 aromatic rings. The predicted molar refractivity (Wildman–Crippen MR) is 80.4 cm³/mol. The third-order valence-electron chi connectivity index (χ3n) is 2.37. The second-order valence-electron chi connectivity index (χ2n) is 3.59. The van der Waals surface area contributed by atoms with Crippen molar-refractivity contribution < 1.29 is 0 Å². The number of benzene rings is 1. The monoisotopic (exact) mass is 285 g/mol. The molecule has 0 aliphatic carbocycles. The van der Waals surface area contributed by atoms with Crippen molar-refractivity contribution in [1.29, 1.82) is 0 Å². The Bertz CT molecular complexity index is 449. The Morgan fingerprint density at radius 1 is 1.00 bits per heavy atom. The van der Waals surface area contributed by atoms with Crippen LogP contribution >= 0.6 is 24.8 Å². The minimum Gasteiger partial charge on any atom is -0.366 e. The van der Waals surface area contributed by atoms with E-state index in [1.54, 1.807) is 6.20 Å². The number of nitrogens with zero attached hydrogens (tertiary/aromatic N) is 1. The fourth-order valence-electron chi connectivity index (χ4n) is 1.53. The number of halogens is 2. The van der Waals surface area contributed by atoms with Crippen molar-refractivity contribution in [2.24, 2.45) is 5.73 Å². The molecule has 0 saturated heterocycles. The van der Waals surface area contributed by atoms with Crippen LogP contribution in [-0.2, 0) is 13.1 Å². The predicted octanol–water partition coefficient (Wildman–Crippen LogP) is 3.00. The van der Waals surface area contributed by atoms with Crippen molar-refractivity contribution >= 4 is 30.6 Å². The van der Waals surface area contributed by atoms with Crippen LogP contribution in [-0.4, -0.2) is 4.98 Å². The average Bonchev–Trinajstić information content (AvgIpc) is 2.38. The van der Waals surface area contributed by atoms with Crippen LogP contribution in [0.2, 0.25) is 0 Å². The smallest absolute Gasteiger partial charge is 0.126 e. The molecule has 1 heterocycles. The fourth-order valence-corrected chi connectivity index (χ4v) is 1.53. The van der Waals surface area contributed by atoms with Gasteiger partial charge in [-0.2, -0.15) is 0 Å². The third kappa shape index (κ3) is 4.92. The number of hydrogen-bond donors (Lipinski definition) is 2. The summed E-state index contributed by atoms with van der Waals surface area (Å²) in [5.41, 5.74) is 7.96. The molecule has 0 fully saturated rings. The number of nitrogens with one attached hydrogen (secondary N) is 1.